The highest BCUT2D eigenvalue weighted by Crippen LogP contribution is 2.10. The average molecular weight is 232 g/mol. The molecule has 1 aromatic carbocycles. The summed E-state index contributed by atoms with van der Waals surface area (Å²) in [6, 6.07) is 5.37. The molecule has 1 aromatic rings. The minimum Gasteiger partial charge on any atom is -0.480 e. The molecule has 4 nitrogen and oxygen atoms in total. The molecule has 0 spiro atoms. The Labute approximate surface area is 86.3 Å². The molecule has 1 N–H and O–H groups in total. The zero-order valence-corrected chi connectivity index (χ0v) is 8.50. The molecule has 0 amide bonds. The maximum absolute atomic E-state index is 13.0. The van der Waals surface area contributed by atoms with Crippen LogP contribution in [-0.4, -0.2) is 25.2 Å². The number of carboxylic acid groups (broad SMARTS) is 1. The number of sulfone groups is 1. The smallest absolute Gasteiger partial charge is 0.318 e. The van der Waals surface area contributed by atoms with Gasteiger partial charge in [0.1, 0.15) is 11.6 Å². The first kappa shape index (κ1) is 11.6. The van der Waals surface area contributed by atoms with E-state index in [1.54, 1.807) is 0 Å². The van der Waals surface area contributed by atoms with E-state index < -0.39 is 33.1 Å². The molecule has 0 fully saturated rings. The summed E-state index contributed by atoms with van der Waals surface area (Å²) in [7, 11) is -3.80. The predicted molar refractivity (Wildman–Crippen MR) is 51.5 cm³/mol. The summed E-state index contributed by atoms with van der Waals surface area (Å²) in [4.78, 5) is 10.2. The fourth-order valence-corrected chi connectivity index (χ4v) is 2.28. The number of carboxylic acids is 1. The molecule has 1 rings (SSSR count). The number of hydrogen-bond acceptors (Lipinski definition) is 3. The van der Waals surface area contributed by atoms with Crippen LogP contribution in [0.3, 0.4) is 0 Å². The number of carbonyl (C=O) groups is 1. The van der Waals surface area contributed by atoms with Crippen LogP contribution < -0.4 is 0 Å². The number of aliphatic carboxylic acids is 1. The van der Waals surface area contributed by atoms with Gasteiger partial charge in [-0.15, -0.1) is 0 Å². The van der Waals surface area contributed by atoms with E-state index in [2.05, 4.69) is 0 Å². The van der Waals surface area contributed by atoms with Crippen LogP contribution >= 0.6 is 0 Å². The summed E-state index contributed by atoms with van der Waals surface area (Å²) < 4.78 is 35.5. The molecule has 82 valence electrons. The molecule has 0 saturated carbocycles. The van der Waals surface area contributed by atoms with Crippen LogP contribution in [0.2, 0.25) is 0 Å². The normalized spacial score (nSPS) is 11.3. The van der Waals surface area contributed by atoms with Crippen molar-refractivity contribution in [2.24, 2.45) is 0 Å². The Kier molecular flexibility index (Phi) is 3.41. The van der Waals surface area contributed by atoms with Gasteiger partial charge in [0.2, 0.25) is 0 Å². The molecular formula is C9H9FO4S. The van der Waals surface area contributed by atoms with Gasteiger partial charge in [-0.1, -0.05) is 18.2 Å². The second-order valence-corrected chi connectivity index (χ2v) is 5.08. The van der Waals surface area contributed by atoms with Crippen LogP contribution in [0.1, 0.15) is 5.56 Å². The lowest BCUT2D eigenvalue weighted by Gasteiger charge is -2.02. The summed E-state index contributed by atoms with van der Waals surface area (Å²) in [6.45, 7) is 0. The van der Waals surface area contributed by atoms with Crippen molar-refractivity contribution in [2.45, 2.75) is 5.75 Å². The number of halogens is 1. The monoisotopic (exact) mass is 232 g/mol. The molecule has 6 heteroatoms. The Hall–Kier alpha value is -1.43. The molecule has 0 saturated heterocycles. The summed E-state index contributed by atoms with van der Waals surface area (Å²) in [5.41, 5.74) is -0.0150. The highest BCUT2D eigenvalue weighted by Gasteiger charge is 2.18. The van der Waals surface area contributed by atoms with Crippen LogP contribution in [0, 0.1) is 5.82 Å². The van der Waals surface area contributed by atoms with Crippen molar-refractivity contribution in [3.05, 3.63) is 35.6 Å². The summed E-state index contributed by atoms with van der Waals surface area (Å²) >= 11 is 0. The minimum atomic E-state index is -3.80. The number of rotatable bonds is 4. The van der Waals surface area contributed by atoms with Gasteiger partial charge in [0, 0.05) is 5.56 Å². The fourth-order valence-electron chi connectivity index (χ4n) is 1.09. The second kappa shape index (κ2) is 4.39. The van der Waals surface area contributed by atoms with Crippen molar-refractivity contribution in [2.75, 3.05) is 5.75 Å². The zero-order valence-electron chi connectivity index (χ0n) is 7.68. The van der Waals surface area contributed by atoms with E-state index in [1.165, 1.54) is 18.2 Å². The summed E-state index contributed by atoms with van der Waals surface area (Å²) in [5, 5.41) is 8.32. The van der Waals surface area contributed by atoms with Crippen LogP contribution in [0.5, 0.6) is 0 Å². The average Bonchev–Trinajstić information content (AvgIpc) is 2.06. The van der Waals surface area contributed by atoms with Gasteiger partial charge < -0.3 is 5.11 Å². The third-order valence-electron chi connectivity index (χ3n) is 1.68. The predicted octanol–water partition coefficient (Wildman–Crippen LogP) is 0.825. The summed E-state index contributed by atoms with van der Waals surface area (Å²) in [5.74, 6) is -3.66. The fraction of sp³-hybridized carbons (Fsp3) is 0.222. The quantitative estimate of drug-likeness (QED) is 0.834. The van der Waals surface area contributed by atoms with E-state index >= 15 is 0 Å². The van der Waals surface area contributed by atoms with Gasteiger partial charge in [-0.05, 0) is 6.07 Å². The lowest BCUT2D eigenvalue weighted by Crippen LogP contribution is -2.17. The molecule has 0 atom stereocenters. The lowest BCUT2D eigenvalue weighted by atomic mass is 10.2. The van der Waals surface area contributed by atoms with Crippen molar-refractivity contribution in [3.63, 3.8) is 0 Å². The molecule has 0 unspecified atom stereocenters. The first-order valence-corrected chi connectivity index (χ1v) is 5.88. The molecule has 0 aliphatic carbocycles. The van der Waals surface area contributed by atoms with Gasteiger partial charge in [0.05, 0.1) is 5.75 Å². The first-order valence-electron chi connectivity index (χ1n) is 4.06. The van der Waals surface area contributed by atoms with Gasteiger partial charge in [-0.25, -0.2) is 12.8 Å². The molecule has 0 heterocycles. The van der Waals surface area contributed by atoms with E-state index in [-0.39, 0.29) is 5.56 Å². The highest BCUT2D eigenvalue weighted by molar-refractivity contribution is 7.91. The molecule has 0 aliphatic heterocycles. The molecule has 0 aromatic heterocycles. The SMILES string of the molecule is O=C(O)CS(=O)(=O)Cc1ccccc1F. The van der Waals surface area contributed by atoms with Crippen LogP contribution in [0.4, 0.5) is 4.39 Å². The third kappa shape index (κ3) is 3.67. The first-order chi connectivity index (χ1) is 6.91. The van der Waals surface area contributed by atoms with Crippen molar-refractivity contribution < 1.29 is 22.7 Å². The van der Waals surface area contributed by atoms with Gasteiger partial charge in [0.15, 0.2) is 9.84 Å². The van der Waals surface area contributed by atoms with Crippen LogP contribution in [-0.2, 0) is 20.4 Å². The van der Waals surface area contributed by atoms with E-state index in [9.17, 15) is 17.6 Å². The van der Waals surface area contributed by atoms with Gasteiger partial charge in [-0.2, -0.15) is 0 Å². The summed E-state index contributed by atoms with van der Waals surface area (Å²) in [6.07, 6.45) is 0. The van der Waals surface area contributed by atoms with Gasteiger partial charge >= 0.3 is 5.97 Å². The minimum absolute atomic E-state index is 0.0150. The Morgan fingerprint density at radius 2 is 1.93 bits per heavy atom. The number of hydrogen-bond donors (Lipinski definition) is 1. The van der Waals surface area contributed by atoms with E-state index in [1.807, 2.05) is 0 Å². The van der Waals surface area contributed by atoms with E-state index in [4.69, 9.17) is 5.11 Å². The Balaban J connectivity index is 2.87. The highest BCUT2D eigenvalue weighted by atomic mass is 32.2. The molecule has 0 aliphatic rings. The lowest BCUT2D eigenvalue weighted by molar-refractivity contribution is -0.134. The standard InChI is InChI=1S/C9H9FO4S/c10-8-4-2-1-3-7(8)5-15(13,14)6-9(11)12/h1-4H,5-6H2,(H,11,12). The third-order valence-corrected chi connectivity index (χ3v) is 3.11. The maximum atomic E-state index is 13.0. The second-order valence-electron chi connectivity index (χ2n) is 3.02. The zero-order chi connectivity index (χ0) is 11.5. The Morgan fingerprint density at radius 3 is 2.47 bits per heavy atom. The molecule has 0 radical (unpaired) electrons. The van der Waals surface area contributed by atoms with E-state index in [0.717, 1.165) is 6.07 Å². The molecule has 0 bridgehead atoms. The van der Waals surface area contributed by atoms with Gasteiger partial charge in [0.25, 0.3) is 0 Å². The van der Waals surface area contributed by atoms with Crippen molar-refractivity contribution >= 4 is 15.8 Å². The largest absolute Gasteiger partial charge is 0.480 e. The van der Waals surface area contributed by atoms with E-state index in [0.29, 0.717) is 0 Å². The van der Waals surface area contributed by atoms with Crippen LogP contribution in [0.25, 0.3) is 0 Å². The Morgan fingerprint density at radius 1 is 1.33 bits per heavy atom. The van der Waals surface area contributed by atoms with Crippen molar-refractivity contribution in [1.82, 2.24) is 0 Å². The maximum Gasteiger partial charge on any atom is 0.318 e. The van der Waals surface area contributed by atoms with Gasteiger partial charge in [-0.3, -0.25) is 4.79 Å². The topological polar surface area (TPSA) is 71.4 Å². The molecule has 15 heavy (non-hydrogen) atoms. The Bertz CT molecular complexity index is 467. The van der Waals surface area contributed by atoms with Crippen LogP contribution in [0.15, 0.2) is 24.3 Å². The number of benzene rings is 1. The molecular weight excluding hydrogens is 223 g/mol. The van der Waals surface area contributed by atoms with Crippen molar-refractivity contribution in [1.29, 1.82) is 0 Å². The van der Waals surface area contributed by atoms with Crippen molar-refractivity contribution in [3.8, 4) is 0 Å².